The molecule has 106 valence electrons. The predicted molar refractivity (Wildman–Crippen MR) is 77.1 cm³/mol. The van der Waals surface area contributed by atoms with Gasteiger partial charge in [0.15, 0.2) is 0 Å². The summed E-state index contributed by atoms with van der Waals surface area (Å²) in [4.78, 5) is 10.8. The molecule has 2 atom stereocenters. The van der Waals surface area contributed by atoms with Gasteiger partial charge in [-0.15, -0.1) is 0 Å². The van der Waals surface area contributed by atoms with Crippen molar-refractivity contribution < 1.29 is 14.3 Å². The number of rotatable bonds is 5. The number of benzene rings is 1. The lowest BCUT2D eigenvalue weighted by molar-refractivity contribution is 0.0659. The molecule has 1 heterocycles. The van der Waals surface area contributed by atoms with E-state index in [1.807, 2.05) is 38.1 Å². The molecule has 0 aliphatic heterocycles. The third-order valence-electron chi connectivity index (χ3n) is 3.13. The summed E-state index contributed by atoms with van der Waals surface area (Å²) in [6, 6.07) is 10.7. The summed E-state index contributed by atoms with van der Waals surface area (Å²) < 4.78 is 5.28. The molecule has 0 saturated carbocycles. The summed E-state index contributed by atoms with van der Waals surface area (Å²) in [6.07, 6.45) is 0. The lowest BCUT2D eigenvalue weighted by atomic mass is 10.1. The molecule has 1 aromatic heterocycles. The number of aromatic carboxylic acids is 1. The van der Waals surface area contributed by atoms with Crippen molar-refractivity contribution in [3.8, 4) is 0 Å². The van der Waals surface area contributed by atoms with E-state index < -0.39 is 5.97 Å². The van der Waals surface area contributed by atoms with Gasteiger partial charge in [0.2, 0.25) is 5.76 Å². The van der Waals surface area contributed by atoms with Crippen LogP contribution in [-0.2, 0) is 0 Å². The molecule has 2 aromatic rings. The number of furan rings is 1. The summed E-state index contributed by atoms with van der Waals surface area (Å²) in [5.41, 5.74) is 1.10. The normalized spacial score (nSPS) is 13.9. The smallest absolute Gasteiger partial charge is 0.371 e. The van der Waals surface area contributed by atoms with Gasteiger partial charge in [0, 0.05) is 11.1 Å². The Morgan fingerprint density at radius 1 is 1.15 bits per heavy atom. The lowest BCUT2D eigenvalue weighted by Crippen LogP contribution is -2.22. The SMILES string of the molecule is CC(N[C@H](C)c1ccc(Cl)cc1)c1ccc(C(=O)O)o1. The van der Waals surface area contributed by atoms with Crippen molar-refractivity contribution in [2.75, 3.05) is 0 Å². The number of carboxylic acids is 1. The van der Waals surface area contributed by atoms with Crippen LogP contribution in [0.15, 0.2) is 40.8 Å². The average molecular weight is 294 g/mol. The molecule has 0 aliphatic rings. The van der Waals surface area contributed by atoms with Crippen molar-refractivity contribution in [2.24, 2.45) is 0 Å². The lowest BCUT2D eigenvalue weighted by Gasteiger charge is -2.19. The van der Waals surface area contributed by atoms with E-state index in [0.717, 1.165) is 5.56 Å². The Balaban J connectivity index is 2.04. The standard InChI is InChI=1S/C15H16ClNO3/c1-9(11-3-5-12(16)6-4-11)17-10(2)13-7-8-14(20-13)15(18)19/h3-10,17H,1-2H3,(H,18,19)/t9-,10?/m1/s1. The van der Waals surface area contributed by atoms with Crippen LogP contribution in [0.25, 0.3) is 0 Å². The van der Waals surface area contributed by atoms with Crippen molar-refractivity contribution in [1.82, 2.24) is 5.32 Å². The Labute approximate surface area is 122 Å². The summed E-state index contributed by atoms with van der Waals surface area (Å²) in [7, 11) is 0. The van der Waals surface area contributed by atoms with Crippen LogP contribution in [0.3, 0.4) is 0 Å². The van der Waals surface area contributed by atoms with Gasteiger partial charge in [-0.05, 0) is 43.7 Å². The zero-order chi connectivity index (χ0) is 14.7. The average Bonchev–Trinajstić information content (AvgIpc) is 2.89. The minimum Gasteiger partial charge on any atom is -0.475 e. The van der Waals surface area contributed by atoms with Gasteiger partial charge in [-0.2, -0.15) is 0 Å². The fourth-order valence-electron chi connectivity index (χ4n) is 2.01. The maximum absolute atomic E-state index is 10.8. The van der Waals surface area contributed by atoms with Crippen LogP contribution in [0.4, 0.5) is 0 Å². The van der Waals surface area contributed by atoms with Crippen LogP contribution < -0.4 is 5.32 Å². The van der Waals surface area contributed by atoms with Crippen molar-refractivity contribution in [2.45, 2.75) is 25.9 Å². The second kappa shape index (κ2) is 6.11. The molecule has 0 fully saturated rings. The Morgan fingerprint density at radius 2 is 1.80 bits per heavy atom. The topological polar surface area (TPSA) is 62.5 Å². The highest BCUT2D eigenvalue weighted by Gasteiger charge is 2.16. The fraction of sp³-hybridized carbons (Fsp3) is 0.267. The third kappa shape index (κ3) is 3.40. The highest BCUT2D eigenvalue weighted by molar-refractivity contribution is 6.30. The van der Waals surface area contributed by atoms with Gasteiger partial charge in [0.1, 0.15) is 5.76 Å². The highest BCUT2D eigenvalue weighted by Crippen LogP contribution is 2.22. The zero-order valence-electron chi connectivity index (χ0n) is 11.3. The Morgan fingerprint density at radius 3 is 2.35 bits per heavy atom. The van der Waals surface area contributed by atoms with E-state index in [1.54, 1.807) is 6.07 Å². The monoisotopic (exact) mass is 293 g/mol. The largest absolute Gasteiger partial charge is 0.475 e. The molecule has 0 aliphatic carbocycles. The molecule has 4 nitrogen and oxygen atoms in total. The molecule has 0 amide bonds. The van der Waals surface area contributed by atoms with Crippen LogP contribution in [-0.4, -0.2) is 11.1 Å². The number of halogens is 1. The van der Waals surface area contributed by atoms with Crippen LogP contribution in [0.5, 0.6) is 0 Å². The van der Waals surface area contributed by atoms with Crippen molar-refractivity contribution in [3.05, 3.63) is 58.5 Å². The van der Waals surface area contributed by atoms with Gasteiger partial charge >= 0.3 is 5.97 Å². The van der Waals surface area contributed by atoms with Gasteiger partial charge in [-0.3, -0.25) is 0 Å². The highest BCUT2D eigenvalue weighted by atomic mass is 35.5. The first-order valence-corrected chi connectivity index (χ1v) is 6.69. The third-order valence-corrected chi connectivity index (χ3v) is 3.39. The van der Waals surface area contributed by atoms with Gasteiger partial charge < -0.3 is 14.8 Å². The van der Waals surface area contributed by atoms with Gasteiger partial charge in [-0.1, -0.05) is 23.7 Å². The van der Waals surface area contributed by atoms with E-state index >= 15 is 0 Å². The quantitative estimate of drug-likeness (QED) is 0.873. The molecule has 1 unspecified atom stereocenters. The van der Waals surface area contributed by atoms with E-state index in [1.165, 1.54) is 6.07 Å². The maximum Gasteiger partial charge on any atom is 0.371 e. The molecule has 2 rings (SSSR count). The Kier molecular flexibility index (Phi) is 4.47. The van der Waals surface area contributed by atoms with Gasteiger partial charge in [0.25, 0.3) is 0 Å². The minimum atomic E-state index is -1.06. The second-order valence-corrected chi connectivity index (χ2v) is 5.11. The van der Waals surface area contributed by atoms with E-state index in [-0.39, 0.29) is 17.8 Å². The Hall–Kier alpha value is -1.78. The molecule has 0 radical (unpaired) electrons. The summed E-state index contributed by atoms with van der Waals surface area (Å²) in [5.74, 6) is -0.509. The second-order valence-electron chi connectivity index (χ2n) is 4.67. The molecular formula is C15H16ClNO3. The maximum atomic E-state index is 10.8. The van der Waals surface area contributed by atoms with Crippen molar-refractivity contribution in [1.29, 1.82) is 0 Å². The molecule has 5 heteroatoms. The van der Waals surface area contributed by atoms with Gasteiger partial charge in [0.05, 0.1) is 6.04 Å². The zero-order valence-corrected chi connectivity index (χ0v) is 12.0. The molecule has 1 aromatic carbocycles. The summed E-state index contributed by atoms with van der Waals surface area (Å²) in [5, 5.41) is 12.9. The predicted octanol–water partition coefficient (Wildman–Crippen LogP) is 4.04. The summed E-state index contributed by atoms with van der Waals surface area (Å²) >= 11 is 5.86. The van der Waals surface area contributed by atoms with Crippen LogP contribution >= 0.6 is 11.6 Å². The van der Waals surface area contributed by atoms with Gasteiger partial charge in [-0.25, -0.2) is 4.79 Å². The van der Waals surface area contributed by atoms with E-state index in [2.05, 4.69) is 5.32 Å². The first kappa shape index (κ1) is 14.6. The van der Waals surface area contributed by atoms with E-state index in [4.69, 9.17) is 21.1 Å². The number of nitrogens with one attached hydrogen (secondary N) is 1. The molecule has 0 spiro atoms. The number of hydrogen-bond acceptors (Lipinski definition) is 3. The first-order chi connectivity index (χ1) is 9.47. The molecule has 0 bridgehead atoms. The van der Waals surface area contributed by atoms with E-state index in [9.17, 15) is 4.79 Å². The van der Waals surface area contributed by atoms with Crippen molar-refractivity contribution >= 4 is 17.6 Å². The first-order valence-electron chi connectivity index (χ1n) is 6.32. The Bertz CT molecular complexity index is 591. The van der Waals surface area contributed by atoms with E-state index in [0.29, 0.717) is 10.8 Å². The number of carbonyl (C=O) groups is 1. The van der Waals surface area contributed by atoms with Crippen LogP contribution in [0, 0.1) is 0 Å². The molecule has 0 saturated heterocycles. The number of carboxylic acid groups (broad SMARTS) is 1. The molecule has 2 N–H and O–H groups in total. The molecular weight excluding hydrogens is 278 g/mol. The van der Waals surface area contributed by atoms with Crippen molar-refractivity contribution in [3.63, 3.8) is 0 Å². The number of hydrogen-bond donors (Lipinski definition) is 2. The van der Waals surface area contributed by atoms with Crippen LogP contribution in [0.2, 0.25) is 5.02 Å². The fourth-order valence-corrected chi connectivity index (χ4v) is 2.13. The summed E-state index contributed by atoms with van der Waals surface area (Å²) in [6.45, 7) is 3.96. The minimum absolute atomic E-state index is 0.0483. The van der Waals surface area contributed by atoms with Crippen LogP contribution in [0.1, 0.15) is 47.8 Å². The molecule has 20 heavy (non-hydrogen) atoms.